The van der Waals surface area contributed by atoms with Crippen molar-refractivity contribution < 1.29 is 14.7 Å². The molecule has 0 unspecified atom stereocenters. The molecule has 1 aliphatic carbocycles. The number of aliphatic hydroxyl groups excluding tert-OH is 1. The molecule has 0 radical (unpaired) electrons. The van der Waals surface area contributed by atoms with Gasteiger partial charge in [0.2, 0.25) is 5.91 Å². The van der Waals surface area contributed by atoms with Gasteiger partial charge in [-0.1, -0.05) is 16.8 Å². The van der Waals surface area contributed by atoms with Gasteiger partial charge in [-0.15, -0.1) is 5.10 Å². The molecule has 10 heteroatoms. The number of halogens is 1. The fraction of sp³-hybridized carbons (Fsp3) is 0.545. The Balaban J connectivity index is 1.41. The van der Waals surface area contributed by atoms with Gasteiger partial charge in [0.1, 0.15) is 0 Å². The highest BCUT2D eigenvalue weighted by Gasteiger charge is 2.38. The van der Waals surface area contributed by atoms with E-state index in [-0.39, 0.29) is 29.6 Å². The third-order valence-electron chi connectivity index (χ3n) is 6.55. The van der Waals surface area contributed by atoms with Crippen molar-refractivity contribution in [1.29, 1.82) is 0 Å². The number of nitrogens with one attached hydrogen (secondary N) is 1. The Morgan fingerprint density at radius 3 is 2.47 bits per heavy atom. The third kappa shape index (κ3) is 4.65. The Morgan fingerprint density at radius 2 is 1.81 bits per heavy atom. The van der Waals surface area contributed by atoms with Crippen LogP contribution in [0.25, 0.3) is 5.69 Å². The number of piperazine rings is 1. The molecule has 1 saturated carbocycles. The number of benzene rings is 1. The number of aromatic nitrogens is 3. The summed E-state index contributed by atoms with van der Waals surface area (Å²) >= 11 is 5.95. The normalized spacial score (nSPS) is 24.4. The maximum Gasteiger partial charge on any atom is 0.274 e. The molecule has 2 heterocycles. The Bertz CT molecular complexity index is 971. The van der Waals surface area contributed by atoms with Gasteiger partial charge >= 0.3 is 0 Å². The van der Waals surface area contributed by atoms with Gasteiger partial charge in [-0.25, -0.2) is 4.68 Å². The third-order valence-corrected chi connectivity index (χ3v) is 6.80. The minimum atomic E-state index is -0.678. The van der Waals surface area contributed by atoms with Crippen LogP contribution < -0.4 is 5.32 Å². The number of rotatable bonds is 4. The number of hydrogen-bond acceptors (Lipinski definition) is 6. The molecule has 4 rings (SSSR count). The minimum Gasteiger partial charge on any atom is -0.389 e. The first-order valence-corrected chi connectivity index (χ1v) is 11.4. The van der Waals surface area contributed by atoms with Crippen molar-refractivity contribution in [2.75, 3.05) is 26.2 Å². The van der Waals surface area contributed by atoms with Crippen LogP contribution in [0.5, 0.6) is 0 Å². The van der Waals surface area contributed by atoms with E-state index in [1.54, 1.807) is 30.7 Å². The van der Waals surface area contributed by atoms with Crippen LogP contribution in [0.2, 0.25) is 5.02 Å². The van der Waals surface area contributed by atoms with Crippen LogP contribution >= 0.6 is 11.6 Å². The van der Waals surface area contributed by atoms with E-state index in [1.807, 2.05) is 17.0 Å². The van der Waals surface area contributed by atoms with Crippen LogP contribution in [0.3, 0.4) is 0 Å². The smallest absolute Gasteiger partial charge is 0.274 e. The molecular weight excluding hydrogens is 432 g/mol. The molecule has 32 heavy (non-hydrogen) atoms. The van der Waals surface area contributed by atoms with Gasteiger partial charge in [-0.2, -0.15) is 0 Å². The summed E-state index contributed by atoms with van der Waals surface area (Å²) in [6, 6.07) is 6.75. The predicted octanol–water partition coefficient (Wildman–Crippen LogP) is 1.41. The van der Waals surface area contributed by atoms with Crippen LogP contribution in [0.15, 0.2) is 24.3 Å². The zero-order chi connectivity index (χ0) is 22.8. The van der Waals surface area contributed by atoms with Gasteiger partial charge in [0.05, 0.1) is 23.5 Å². The lowest BCUT2D eigenvalue weighted by molar-refractivity contribution is -0.131. The number of carbonyl (C=O) groups excluding carboxylic acids is 2. The molecule has 0 bridgehead atoms. The van der Waals surface area contributed by atoms with Gasteiger partial charge in [-0.3, -0.25) is 14.5 Å². The summed E-state index contributed by atoms with van der Waals surface area (Å²) in [5.74, 6) is -0.255. The van der Waals surface area contributed by atoms with Gasteiger partial charge in [0, 0.05) is 44.2 Å². The van der Waals surface area contributed by atoms with Crippen molar-refractivity contribution in [3.05, 3.63) is 40.7 Å². The average molecular weight is 461 g/mol. The minimum absolute atomic E-state index is 0.0333. The van der Waals surface area contributed by atoms with E-state index < -0.39 is 6.10 Å². The Labute approximate surface area is 192 Å². The summed E-state index contributed by atoms with van der Waals surface area (Å²) in [7, 11) is 0. The number of hydrogen-bond donors (Lipinski definition) is 2. The standard InChI is InChI=1S/C22H29ClN6O3/c1-14-20(25-26-29(14)17-8-6-16(23)7-9-17)22(32)24-18-4-3-5-19(21(18)31)28-12-10-27(11-13-28)15(2)30/h6-9,18-19,21,31H,3-5,10-13H2,1-2H3,(H,24,32)/t18-,19-,21-/m1/s1. The monoisotopic (exact) mass is 460 g/mol. The molecule has 1 aliphatic heterocycles. The molecule has 2 fully saturated rings. The quantitative estimate of drug-likeness (QED) is 0.715. The molecular formula is C22H29ClN6O3. The SMILES string of the molecule is CC(=O)N1CCN([C@@H]2CCC[C@@H](NC(=O)c3nnn(-c4ccc(Cl)cc4)c3C)[C@H]2O)CC1. The van der Waals surface area contributed by atoms with Crippen molar-refractivity contribution in [3.63, 3.8) is 0 Å². The number of carbonyl (C=O) groups is 2. The molecule has 1 aromatic heterocycles. The lowest BCUT2D eigenvalue weighted by atomic mass is 9.86. The average Bonchev–Trinajstić information content (AvgIpc) is 3.17. The highest BCUT2D eigenvalue weighted by molar-refractivity contribution is 6.30. The first kappa shape index (κ1) is 22.7. The maximum atomic E-state index is 13.0. The van der Waals surface area contributed by atoms with Crippen molar-refractivity contribution in [2.24, 2.45) is 0 Å². The lowest BCUT2D eigenvalue weighted by Crippen LogP contribution is -2.60. The Kier molecular flexibility index (Phi) is 6.78. The number of nitrogens with zero attached hydrogens (tertiary/aromatic N) is 5. The van der Waals surface area contributed by atoms with Crippen molar-refractivity contribution in [1.82, 2.24) is 30.1 Å². The highest BCUT2D eigenvalue weighted by Crippen LogP contribution is 2.25. The van der Waals surface area contributed by atoms with Crippen LogP contribution in [0.4, 0.5) is 0 Å². The fourth-order valence-electron chi connectivity index (χ4n) is 4.68. The van der Waals surface area contributed by atoms with Crippen LogP contribution in [-0.2, 0) is 4.79 Å². The molecule has 0 spiro atoms. The summed E-state index contributed by atoms with van der Waals surface area (Å²) in [5, 5.41) is 22.8. The molecule has 172 valence electrons. The largest absolute Gasteiger partial charge is 0.389 e. The topological polar surface area (TPSA) is 104 Å². The van der Waals surface area contributed by atoms with E-state index in [2.05, 4.69) is 20.5 Å². The van der Waals surface area contributed by atoms with E-state index >= 15 is 0 Å². The van der Waals surface area contributed by atoms with Gasteiger partial charge in [0.15, 0.2) is 5.69 Å². The first-order valence-electron chi connectivity index (χ1n) is 11.0. The number of amides is 2. The second kappa shape index (κ2) is 9.56. The molecule has 3 atom stereocenters. The molecule has 2 aromatic rings. The zero-order valence-electron chi connectivity index (χ0n) is 18.4. The van der Waals surface area contributed by atoms with Gasteiger partial charge in [0.25, 0.3) is 5.91 Å². The van der Waals surface area contributed by atoms with E-state index in [4.69, 9.17) is 11.6 Å². The van der Waals surface area contributed by atoms with Gasteiger partial charge in [-0.05, 0) is 50.5 Å². The molecule has 1 saturated heterocycles. The Hall–Kier alpha value is -2.49. The van der Waals surface area contributed by atoms with E-state index in [1.165, 1.54) is 0 Å². The van der Waals surface area contributed by atoms with Crippen molar-refractivity contribution in [3.8, 4) is 5.69 Å². The van der Waals surface area contributed by atoms with E-state index in [0.717, 1.165) is 31.6 Å². The summed E-state index contributed by atoms with van der Waals surface area (Å²) in [6.07, 6.45) is 1.82. The molecule has 2 aliphatic rings. The molecule has 1 aromatic carbocycles. The van der Waals surface area contributed by atoms with Gasteiger partial charge < -0.3 is 15.3 Å². The van der Waals surface area contributed by atoms with Crippen LogP contribution in [-0.4, -0.2) is 86.1 Å². The van der Waals surface area contributed by atoms with Crippen molar-refractivity contribution in [2.45, 2.75) is 51.3 Å². The van der Waals surface area contributed by atoms with E-state index in [9.17, 15) is 14.7 Å². The van der Waals surface area contributed by atoms with Crippen molar-refractivity contribution >= 4 is 23.4 Å². The fourth-order valence-corrected chi connectivity index (χ4v) is 4.81. The summed E-state index contributed by atoms with van der Waals surface area (Å²) < 4.78 is 1.60. The van der Waals surface area contributed by atoms with Crippen LogP contribution in [0.1, 0.15) is 42.4 Å². The second-order valence-electron chi connectivity index (χ2n) is 8.52. The highest BCUT2D eigenvalue weighted by atomic mass is 35.5. The summed E-state index contributed by atoms with van der Waals surface area (Å²) in [6.45, 7) is 6.18. The maximum absolute atomic E-state index is 13.0. The van der Waals surface area contributed by atoms with Crippen LogP contribution in [0, 0.1) is 6.92 Å². The number of aliphatic hydroxyl groups is 1. The molecule has 2 N–H and O–H groups in total. The summed E-state index contributed by atoms with van der Waals surface area (Å²) in [5.41, 5.74) is 1.62. The lowest BCUT2D eigenvalue weighted by Gasteiger charge is -2.44. The Morgan fingerprint density at radius 1 is 1.12 bits per heavy atom. The molecule has 2 amide bonds. The van der Waals surface area contributed by atoms with E-state index in [0.29, 0.717) is 30.2 Å². The predicted molar refractivity (Wildman–Crippen MR) is 120 cm³/mol. The zero-order valence-corrected chi connectivity index (χ0v) is 19.1. The second-order valence-corrected chi connectivity index (χ2v) is 8.96. The summed E-state index contributed by atoms with van der Waals surface area (Å²) in [4.78, 5) is 28.6. The molecule has 9 nitrogen and oxygen atoms in total. The first-order chi connectivity index (χ1) is 15.3.